The van der Waals surface area contributed by atoms with Gasteiger partial charge in [0.05, 0.1) is 19.6 Å². The molecule has 0 spiro atoms. The topological polar surface area (TPSA) is 59.6 Å². The average molecular weight is 314 g/mol. The number of anilines is 1. The van der Waals surface area contributed by atoms with Gasteiger partial charge in [0.1, 0.15) is 5.75 Å². The van der Waals surface area contributed by atoms with E-state index >= 15 is 0 Å². The minimum atomic E-state index is -0.239. The van der Waals surface area contributed by atoms with Gasteiger partial charge >= 0.3 is 5.97 Å². The molecule has 0 heterocycles. The molecule has 0 radical (unpaired) electrons. The molecule has 0 fully saturated rings. The Balaban J connectivity index is 1.74. The van der Waals surface area contributed by atoms with Gasteiger partial charge in [-0.1, -0.05) is 30.3 Å². The van der Waals surface area contributed by atoms with Crippen molar-refractivity contribution >= 4 is 11.7 Å². The van der Waals surface area contributed by atoms with Crippen LogP contribution in [0.1, 0.15) is 18.9 Å². The molecule has 5 nitrogen and oxygen atoms in total. The van der Waals surface area contributed by atoms with Crippen LogP contribution in [0.2, 0.25) is 0 Å². The first-order chi connectivity index (χ1) is 11.3. The molecule has 2 rings (SSSR count). The number of benzene rings is 2. The summed E-state index contributed by atoms with van der Waals surface area (Å²) in [4.78, 5) is 11.3. The summed E-state index contributed by atoms with van der Waals surface area (Å²) in [5, 5.41) is 0. The smallest absolute Gasteiger partial charge is 0.309 e. The maximum Gasteiger partial charge on any atom is 0.309 e. The standard InChI is InChI=1S/C18H22N2O3/c1-2-22-18(21)11-12-23-17-10-6-7-15(13-17)14-19-20-16-8-4-3-5-9-16/h3-10,13,19-20H,2,11-12,14H2,1H3. The molecular weight excluding hydrogens is 292 g/mol. The summed E-state index contributed by atoms with van der Waals surface area (Å²) in [7, 11) is 0. The van der Waals surface area contributed by atoms with Crippen LogP contribution in [0.25, 0.3) is 0 Å². The second-order valence-electron chi connectivity index (χ2n) is 4.90. The summed E-state index contributed by atoms with van der Waals surface area (Å²) in [5.74, 6) is 0.505. The van der Waals surface area contributed by atoms with Gasteiger partial charge in [0.15, 0.2) is 0 Å². The summed E-state index contributed by atoms with van der Waals surface area (Å²) in [5.41, 5.74) is 8.38. The van der Waals surface area contributed by atoms with Gasteiger partial charge in [-0.2, -0.15) is 0 Å². The fourth-order valence-electron chi connectivity index (χ4n) is 2.00. The van der Waals surface area contributed by atoms with Crippen molar-refractivity contribution in [2.45, 2.75) is 19.9 Å². The SMILES string of the molecule is CCOC(=O)CCOc1cccc(CNNc2ccccc2)c1. The molecule has 0 saturated carbocycles. The molecule has 0 saturated heterocycles. The molecule has 0 aromatic heterocycles. The van der Waals surface area contributed by atoms with Gasteiger partial charge in [-0.3, -0.25) is 4.79 Å². The van der Waals surface area contributed by atoms with E-state index in [1.807, 2.05) is 54.6 Å². The Hall–Kier alpha value is -2.53. The van der Waals surface area contributed by atoms with Crippen LogP contribution in [-0.2, 0) is 16.1 Å². The van der Waals surface area contributed by atoms with Crippen LogP contribution < -0.4 is 15.6 Å². The third-order valence-electron chi connectivity index (χ3n) is 3.08. The van der Waals surface area contributed by atoms with Gasteiger partial charge in [-0.15, -0.1) is 0 Å². The van der Waals surface area contributed by atoms with E-state index in [0.29, 0.717) is 19.8 Å². The summed E-state index contributed by atoms with van der Waals surface area (Å²) >= 11 is 0. The number of carbonyl (C=O) groups excluding carboxylic acids is 1. The van der Waals surface area contributed by atoms with Crippen molar-refractivity contribution in [3.8, 4) is 5.75 Å². The molecular formula is C18H22N2O3. The van der Waals surface area contributed by atoms with Gasteiger partial charge < -0.3 is 14.9 Å². The van der Waals surface area contributed by atoms with Gasteiger partial charge in [0.2, 0.25) is 0 Å². The lowest BCUT2D eigenvalue weighted by Gasteiger charge is -2.10. The second-order valence-corrected chi connectivity index (χ2v) is 4.90. The monoisotopic (exact) mass is 314 g/mol. The molecule has 122 valence electrons. The summed E-state index contributed by atoms with van der Waals surface area (Å²) < 4.78 is 10.4. The van der Waals surface area contributed by atoms with Crippen molar-refractivity contribution in [2.75, 3.05) is 18.6 Å². The van der Waals surface area contributed by atoms with Crippen LogP contribution >= 0.6 is 0 Å². The first-order valence-corrected chi connectivity index (χ1v) is 7.69. The normalized spacial score (nSPS) is 10.1. The van der Waals surface area contributed by atoms with Crippen molar-refractivity contribution in [1.82, 2.24) is 5.43 Å². The number of nitrogens with one attached hydrogen (secondary N) is 2. The maximum atomic E-state index is 11.3. The lowest BCUT2D eigenvalue weighted by molar-refractivity contribution is -0.143. The number of carbonyl (C=O) groups is 1. The largest absolute Gasteiger partial charge is 0.493 e. The van der Waals surface area contributed by atoms with Crippen molar-refractivity contribution < 1.29 is 14.3 Å². The van der Waals surface area contributed by atoms with Crippen molar-refractivity contribution in [2.24, 2.45) is 0 Å². The second kappa shape index (κ2) is 9.48. The zero-order chi connectivity index (χ0) is 16.3. The van der Waals surface area contributed by atoms with E-state index in [1.165, 1.54) is 0 Å². The molecule has 5 heteroatoms. The Morgan fingerprint density at radius 3 is 2.70 bits per heavy atom. The van der Waals surface area contributed by atoms with Gasteiger partial charge in [0.25, 0.3) is 0 Å². The highest BCUT2D eigenvalue weighted by molar-refractivity contribution is 5.69. The summed E-state index contributed by atoms with van der Waals surface area (Å²) in [6.07, 6.45) is 0.256. The van der Waals surface area contributed by atoms with Crippen molar-refractivity contribution in [3.05, 3.63) is 60.2 Å². The van der Waals surface area contributed by atoms with E-state index < -0.39 is 0 Å². The van der Waals surface area contributed by atoms with Crippen molar-refractivity contribution in [3.63, 3.8) is 0 Å². The van der Waals surface area contributed by atoms with Crippen LogP contribution in [0.4, 0.5) is 5.69 Å². The Morgan fingerprint density at radius 2 is 1.91 bits per heavy atom. The fourth-order valence-corrected chi connectivity index (χ4v) is 2.00. The number of ether oxygens (including phenoxy) is 2. The fraction of sp³-hybridized carbons (Fsp3) is 0.278. The molecule has 2 aromatic carbocycles. The first kappa shape index (κ1) is 16.8. The lowest BCUT2D eigenvalue weighted by atomic mass is 10.2. The molecule has 0 aliphatic heterocycles. The third-order valence-corrected chi connectivity index (χ3v) is 3.08. The molecule has 2 N–H and O–H groups in total. The molecule has 0 amide bonds. The number of rotatable bonds is 9. The molecule has 0 aliphatic rings. The zero-order valence-electron chi connectivity index (χ0n) is 13.2. The molecule has 2 aromatic rings. The number of esters is 1. The quantitative estimate of drug-likeness (QED) is 0.550. The minimum Gasteiger partial charge on any atom is -0.493 e. The maximum absolute atomic E-state index is 11.3. The third kappa shape index (κ3) is 6.40. The van der Waals surface area contributed by atoms with Crippen LogP contribution in [0.5, 0.6) is 5.75 Å². The number of hydrogen-bond acceptors (Lipinski definition) is 5. The molecule has 0 aliphatic carbocycles. The van der Waals surface area contributed by atoms with Gasteiger partial charge in [-0.25, -0.2) is 5.43 Å². The first-order valence-electron chi connectivity index (χ1n) is 7.69. The van der Waals surface area contributed by atoms with Gasteiger partial charge in [0, 0.05) is 12.2 Å². The minimum absolute atomic E-state index is 0.239. The molecule has 0 unspecified atom stereocenters. The van der Waals surface area contributed by atoms with Crippen LogP contribution in [0.3, 0.4) is 0 Å². The predicted molar refractivity (Wildman–Crippen MR) is 90.1 cm³/mol. The van der Waals surface area contributed by atoms with E-state index in [0.717, 1.165) is 17.0 Å². The number of hydrogen-bond donors (Lipinski definition) is 2. The molecule has 0 bridgehead atoms. The van der Waals surface area contributed by atoms with E-state index in [9.17, 15) is 4.79 Å². The van der Waals surface area contributed by atoms with E-state index in [4.69, 9.17) is 9.47 Å². The Labute approximate surface area is 136 Å². The Bertz CT molecular complexity index is 602. The highest BCUT2D eigenvalue weighted by Crippen LogP contribution is 2.13. The van der Waals surface area contributed by atoms with E-state index in [1.54, 1.807) is 6.92 Å². The summed E-state index contributed by atoms with van der Waals surface area (Å²) in [6.45, 7) is 3.16. The number of para-hydroxylation sites is 1. The Kier molecular flexibility index (Phi) is 6.94. The highest BCUT2D eigenvalue weighted by Gasteiger charge is 2.02. The van der Waals surface area contributed by atoms with Crippen LogP contribution in [-0.4, -0.2) is 19.2 Å². The van der Waals surface area contributed by atoms with Crippen molar-refractivity contribution in [1.29, 1.82) is 0 Å². The van der Waals surface area contributed by atoms with Crippen LogP contribution in [0.15, 0.2) is 54.6 Å². The molecule has 23 heavy (non-hydrogen) atoms. The highest BCUT2D eigenvalue weighted by atomic mass is 16.5. The average Bonchev–Trinajstić information content (AvgIpc) is 2.56. The number of hydrazine groups is 1. The Morgan fingerprint density at radius 1 is 1.09 bits per heavy atom. The zero-order valence-corrected chi connectivity index (χ0v) is 13.2. The lowest BCUT2D eigenvalue weighted by Crippen LogP contribution is -2.20. The van der Waals surface area contributed by atoms with E-state index in [-0.39, 0.29) is 12.4 Å². The van der Waals surface area contributed by atoms with Crippen LogP contribution in [0, 0.1) is 0 Å². The summed E-state index contributed by atoms with van der Waals surface area (Å²) in [6, 6.07) is 17.7. The van der Waals surface area contributed by atoms with Gasteiger partial charge in [-0.05, 0) is 36.8 Å². The molecule has 0 atom stereocenters. The predicted octanol–water partition coefficient (Wildman–Crippen LogP) is 3.14. The van der Waals surface area contributed by atoms with E-state index in [2.05, 4.69) is 10.9 Å².